The van der Waals surface area contributed by atoms with Crippen molar-refractivity contribution in [3.05, 3.63) is 51.9 Å². The van der Waals surface area contributed by atoms with Crippen LogP contribution in [0.15, 0.2) is 36.7 Å². The Hall–Kier alpha value is -2.67. The van der Waals surface area contributed by atoms with Gasteiger partial charge in [-0.15, -0.1) is 0 Å². The van der Waals surface area contributed by atoms with Crippen molar-refractivity contribution in [2.24, 2.45) is 0 Å². The van der Waals surface area contributed by atoms with E-state index in [9.17, 15) is 10.1 Å². The summed E-state index contributed by atoms with van der Waals surface area (Å²) >= 11 is 6.23. The highest BCUT2D eigenvalue weighted by Crippen LogP contribution is 2.33. The van der Waals surface area contributed by atoms with Gasteiger partial charge in [-0.1, -0.05) is 30.9 Å². The Bertz CT molecular complexity index is 948. The maximum atomic E-state index is 10.9. The molecule has 2 aromatic heterocycles. The molecule has 1 N–H and O–H groups in total. The van der Waals surface area contributed by atoms with Crippen molar-refractivity contribution in [2.45, 2.75) is 38.1 Å². The summed E-state index contributed by atoms with van der Waals surface area (Å²) in [6.45, 7) is 0. The zero-order valence-electron chi connectivity index (χ0n) is 14.1. The molecule has 0 spiro atoms. The number of hydrogen-bond donors (Lipinski definition) is 1. The van der Waals surface area contributed by atoms with Crippen molar-refractivity contribution in [2.75, 3.05) is 5.32 Å². The van der Waals surface area contributed by atoms with Crippen LogP contribution in [0.1, 0.15) is 32.1 Å². The van der Waals surface area contributed by atoms with E-state index >= 15 is 0 Å². The predicted molar refractivity (Wildman–Crippen MR) is 101 cm³/mol. The molecule has 26 heavy (non-hydrogen) atoms. The van der Waals surface area contributed by atoms with Gasteiger partial charge in [-0.2, -0.15) is 0 Å². The summed E-state index contributed by atoms with van der Waals surface area (Å²) in [5.74, 6) is 0.852. The van der Waals surface area contributed by atoms with E-state index in [1.807, 2.05) is 10.6 Å². The molecule has 0 saturated heterocycles. The second-order valence-electron chi connectivity index (χ2n) is 6.50. The van der Waals surface area contributed by atoms with E-state index < -0.39 is 4.92 Å². The molecule has 4 rings (SSSR count). The lowest BCUT2D eigenvalue weighted by Crippen LogP contribution is -2.23. The lowest BCUT2D eigenvalue weighted by atomic mass is 9.95. The largest absolute Gasteiger partial charge is 0.367 e. The van der Waals surface area contributed by atoms with Crippen LogP contribution in [0.2, 0.25) is 5.15 Å². The van der Waals surface area contributed by atoms with E-state index in [1.54, 1.807) is 18.3 Å². The van der Waals surface area contributed by atoms with E-state index in [1.165, 1.54) is 31.4 Å². The summed E-state index contributed by atoms with van der Waals surface area (Å²) in [6, 6.07) is 6.79. The van der Waals surface area contributed by atoms with Crippen LogP contribution in [0.5, 0.6) is 0 Å². The molecule has 0 radical (unpaired) electrons. The Labute approximate surface area is 155 Å². The summed E-state index contributed by atoms with van der Waals surface area (Å²) < 4.78 is 1.90. The minimum atomic E-state index is -0.407. The fraction of sp³-hybridized carbons (Fsp3) is 0.333. The minimum absolute atomic E-state index is 0.0546. The lowest BCUT2D eigenvalue weighted by Gasteiger charge is -2.24. The van der Waals surface area contributed by atoms with Crippen LogP contribution < -0.4 is 5.32 Å². The van der Waals surface area contributed by atoms with Gasteiger partial charge in [-0.25, -0.2) is 9.97 Å². The van der Waals surface area contributed by atoms with E-state index in [4.69, 9.17) is 11.6 Å². The number of hydrogen-bond acceptors (Lipinski definition) is 5. The quantitative estimate of drug-likeness (QED) is 0.530. The Morgan fingerprint density at radius 3 is 2.62 bits per heavy atom. The summed E-state index contributed by atoms with van der Waals surface area (Å²) in [4.78, 5) is 19.3. The van der Waals surface area contributed by atoms with Gasteiger partial charge in [0.2, 0.25) is 0 Å². The number of anilines is 1. The Morgan fingerprint density at radius 1 is 1.19 bits per heavy atom. The van der Waals surface area contributed by atoms with Gasteiger partial charge >= 0.3 is 0 Å². The number of imidazole rings is 1. The number of nitrogens with one attached hydrogen (secondary N) is 1. The smallest absolute Gasteiger partial charge is 0.269 e. The van der Waals surface area contributed by atoms with Crippen LogP contribution in [-0.2, 0) is 0 Å². The predicted octanol–water partition coefficient (Wildman–Crippen LogP) is 4.70. The summed E-state index contributed by atoms with van der Waals surface area (Å²) in [5.41, 5.74) is 2.15. The summed E-state index contributed by atoms with van der Waals surface area (Å²) in [7, 11) is 0. The fourth-order valence-corrected chi connectivity index (χ4v) is 3.66. The van der Waals surface area contributed by atoms with E-state index in [-0.39, 0.29) is 5.69 Å². The average Bonchev–Trinajstić information content (AvgIpc) is 3.03. The number of halogens is 1. The normalized spacial score (nSPS) is 15.3. The van der Waals surface area contributed by atoms with Gasteiger partial charge < -0.3 is 5.32 Å². The van der Waals surface area contributed by atoms with Gasteiger partial charge in [-0.05, 0) is 25.0 Å². The molecule has 1 aromatic carbocycles. The third-order valence-electron chi connectivity index (χ3n) is 4.80. The molecule has 0 amide bonds. The van der Waals surface area contributed by atoms with Gasteiger partial charge in [0.25, 0.3) is 5.69 Å². The van der Waals surface area contributed by atoms with Gasteiger partial charge in [0.15, 0.2) is 10.8 Å². The van der Waals surface area contributed by atoms with Crippen LogP contribution in [0, 0.1) is 10.1 Å². The Morgan fingerprint density at radius 2 is 1.92 bits per heavy atom. The number of non-ortho nitro benzene ring substituents is 1. The first-order chi connectivity index (χ1) is 12.6. The zero-order valence-corrected chi connectivity index (χ0v) is 14.8. The van der Waals surface area contributed by atoms with Crippen molar-refractivity contribution in [1.29, 1.82) is 0 Å². The monoisotopic (exact) mass is 371 g/mol. The lowest BCUT2D eigenvalue weighted by molar-refractivity contribution is -0.384. The molecular weight excluding hydrogens is 354 g/mol. The van der Waals surface area contributed by atoms with Gasteiger partial charge in [-0.3, -0.25) is 14.5 Å². The SMILES string of the molecule is O=[N+]([O-])c1ccc(-c2nc3c(Cl)nccn3c2NC2CCCCC2)cc1. The van der Waals surface area contributed by atoms with Crippen molar-refractivity contribution in [3.8, 4) is 11.3 Å². The molecule has 0 aliphatic heterocycles. The number of nitrogens with zero attached hydrogens (tertiary/aromatic N) is 4. The van der Waals surface area contributed by atoms with Gasteiger partial charge in [0.1, 0.15) is 11.5 Å². The first-order valence-electron chi connectivity index (χ1n) is 8.67. The number of nitro benzene ring substituents is 1. The highest BCUT2D eigenvalue weighted by Gasteiger charge is 2.21. The van der Waals surface area contributed by atoms with Crippen molar-refractivity contribution < 1.29 is 4.92 Å². The van der Waals surface area contributed by atoms with Crippen LogP contribution in [-0.4, -0.2) is 25.3 Å². The van der Waals surface area contributed by atoms with E-state index in [0.29, 0.717) is 16.8 Å². The maximum absolute atomic E-state index is 10.9. The number of nitro groups is 1. The van der Waals surface area contributed by atoms with E-state index in [0.717, 1.165) is 29.9 Å². The first kappa shape index (κ1) is 16.8. The molecule has 1 aliphatic carbocycles. The topological polar surface area (TPSA) is 85.4 Å². The molecule has 7 nitrogen and oxygen atoms in total. The number of fused-ring (bicyclic) bond motifs is 1. The molecule has 1 aliphatic rings. The van der Waals surface area contributed by atoms with Crippen molar-refractivity contribution in [1.82, 2.24) is 14.4 Å². The molecule has 0 atom stereocenters. The minimum Gasteiger partial charge on any atom is -0.367 e. The molecule has 8 heteroatoms. The van der Waals surface area contributed by atoms with Crippen molar-refractivity contribution in [3.63, 3.8) is 0 Å². The number of rotatable bonds is 4. The molecule has 0 bridgehead atoms. The number of aromatic nitrogens is 3. The van der Waals surface area contributed by atoms with Crippen LogP contribution in [0.25, 0.3) is 16.9 Å². The highest BCUT2D eigenvalue weighted by atomic mass is 35.5. The summed E-state index contributed by atoms with van der Waals surface area (Å²) in [6.07, 6.45) is 9.40. The fourth-order valence-electron chi connectivity index (χ4n) is 3.47. The van der Waals surface area contributed by atoms with Gasteiger partial charge in [0, 0.05) is 36.1 Å². The molecule has 1 fully saturated rings. The standard InChI is InChI=1S/C18H18ClN5O2/c19-16-18-22-15(12-6-8-14(9-7-12)24(25)26)17(23(18)11-10-20-16)21-13-4-2-1-3-5-13/h6-11,13,21H,1-5H2. The Balaban J connectivity index is 1.80. The molecule has 0 unspecified atom stereocenters. The third-order valence-corrected chi connectivity index (χ3v) is 5.06. The van der Waals surface area contributed by atoms with E-state index in [2.05, 4.69) is 15.3 Å². The number of benzene rings is 1. The van der Waals surface area contributed by atoms with Crippen LogP contribution >= 0.6 is 11.6 Å². The van der Waals surface area contributed by atoms with Gasteiger partial charge in [0.05, 0.1) is 4.92 Å². The molecule has 134 valence electrons. The molecule has 3 aromatic rings. The maximum Gasteiger partial charge on any atom is 0.269 e. The summed E-state index contributed by atoms with van der Waals surface area (Å²) in [5, 5.41) is 14.9. The second kappa shape index (κ2) is 6.92. The van der Waals surface area contributed by atoms with Crippen molar-refractivity contribution >= 4 is 28.8 Å². The average molecular weight is 372 g/mol. The second-order valence-corrected chi connectivity index (χ2v) is 6.86. The molecular formula is C18H18ClN5O2. The zero-order chi connectivity index (χ0) is 18.1. The highest BCUT2D eigenvalue weighted by molar-refractivity contribution is 6.32. The third kappa shape index (κ3) is 3.10. The molecule has 1 saturated carbocycles. The Kier molecular flexibility index (Phi) is 4.46. The first-order valence-corrected chi connectivity index (χ1v) is 9.05. The van der Waals surface area contributed by atoms with Crippen LogP contribution in [0.3, 0.4) is 0 Å². The molecule has 2 heterocycles. The van der Waals surface area contributed by atoms with Crippen LogP contribution in [0.4, 0.5) is 11.5 Å².